The van der Waals surface area contributed by atoms with Crippen molar-refractivity contribution in [1.82, 2.24) is 25.3 Å². The number of fused-ring (bicyclic) bond motifs is 1. The van der Waals surface area contributed by atoms with Crippen molar-refractivity contribution in [2.45, 2.75) is 38.6 Å². The van der Waals surface area contributed by atoms with Crippen LogP contribution >= 0.6 is 0 Å². The summed E-state index contributed by atoms with van der Waals surface area (Å²) < 4.78 is 0. The first-order valence-electron chi connectivity index (χ1n) is 7.51. The van der Waals surface area contributed by atoms with Gasteiger partial charge in [-0.1, -0.05) is 13.3 Å². The van der Waals surface area contributed by atoms with Gasteiger partial charge in [0.25, 0.3) is 0 Å². The maximum Gasteiger partial charge on any atom is 0.182 e. The van der Waals surface area contributed by atoms with Crippen molar-refractivity contribution in [1.29, 1.82) is 0 Å². The molecular formula is C14H22N6. The Morgan fingerprint density at radius 2 is 2.30 bits per heavy atom. The highest BCUT2D eigenvalue weighted by Crippen LogP contribution is 2.21. The van der Waals surface area contributed by atoms with Crippen molar-refractivity contribution in [2.75, 3.05) is 24.5 Å². The summed E-state index contributed by atoms with van der Waals surface area (Å²) in [6.07, 6.45) is 8.18. The van der Waals surface area contributed by atoms with Crippen LogP contribution in [0.2, 0.25) is 0 Å². The third kappa shape index (κ3) is 2.75. The second-order valence-electron chi connectivity index (χ2n) is 5.39. The molecule has 0 spiro atoms. The van der Waals surface area contributed by atoms with E-state index in [0.29, 0.717) is 6.04 Å². The molecule has 1 atom stereocenters. The summed E-state index contributed by atoms with van der Waals surface area (Å²) in [5.74, 6) is 0.981. The summed E-state index contributed by atoms with van der Waals surface area (Å²) in [6.45, 7) is 5.39. The molecule has 0 radical (unpaired) electrons. The molecule has 0 aromatic carbocycles. The van der Waals surface area contributed by atoms with Gasteiger partial charge in [-0.3, -0.25) is 0 Å². The minimum atomic E-state index is 0.569. The number of imidazole rings is 1. The predicted octanol–water partition coefficient (Wildman–Crippen LogP) is 1.71. The molecule has 0 bridgehead atoms. The Hall–Kier alpha value is -1.69. The quantitative estimate of drug-likeness (QED) is 0.839. The van der Waals surface area contributed by atoms with E-state index in [2.05, 4.69) is 37.1 Å². The van der Waals surface area contributed by atoms with Crippen molar-refractivity contribution in [2.24, 2.45) is 0 Å². The number of unbranched alkanes of at least 4 members (excludes halogenated alkanes) is 1. The third-order valence-corrected chi connectivity index (χ3v) is 3.89. The van der Waals surface area contributed by atoms with E-state index in [1.54, 1.807) is 12.7 Å². The molecule has 0 aliphatic carbocycles. The SMILES string of the molecule is CCCCN(CC1CCCN1)c1ncnc2nc[nH]c12. The van der Waals surface area contributed by atoms with Crippen LogP contribution in [-0.2, 0) is 0 Å². The molecular weight excluding hydrogens is 252 g/mol. The predicted molar refractivity (Wildman–Crippen MR) is 79.8 cm³/mol. The van der Waals surface area contributed by atoms with Crippen LogP contribution in [0, 0.1) is 0 Å². The summed E-state index contributed by atoms with van der Waals surface area (Å²) in [7, 11) is 0. The maximum absolute atomic E-state index is 4.49. The van der Waals surface area contributed by atoms with Gasteiger partial charge in [-0.05, 0) is 25.8 Å². The number of hydrogen-bond acceptors (Lipinski definition) is 5. The molecule has 0 amide bonds. The summed E-state index contributed by atoms with van der Waals surface area (Å²) >= 11 is 0. The van der Waals surface area contributed by atoms with Crippen molar-refractivity contribution < 1.29 is 0 Å². The third-order valence-electron chi connectivity index (χ3n) is 3.89. The zero-order valence-electron chi connectivity index (χ0n) is 12.0. The van der Waals surface area contributed by atoms with E-state index < -0.39 is 0 Å². The van der Waals surface area contributed by atoms with Crippen LogP contribution in [0.1, 0.15) is 32.6 Å². The number of nitrogens with zero attached hydrogens (tertiary/aromatic N) is 4. The minimum absolute atomic E-state index is 0.569. The number of aromatic amines is 1. The highest BCUT2D eigenvalue weighted by Gasteiger charge is 2.20. The fourth-order valence-electron chi connectivity index (χ4n) is 2.80. The maximum atomic E-state index is 4.49. The van der Waals surface area contributed by atoms with E-state index in [-0.39, 0.29) is 0 Å². The Labute approximate surface area is 119 Å². The van der Waals surface area contributed by atoms with Crippen LogP contribution in [0.5, 0.6) is 0 Å². The summed E-state index contributed by atoms with van der Waals surface area (Å²) in [6, 6.07) is 0.569. The Kier molecular flexibility index (Phi) is 4.11. The molecule has 1 aliphatic heterocycles. The minimum Gasteiger partial charge on any atom is -0.353 e. The number of anilines is 1. The standard InChI is InChI=1S/C14H22N6/c1-2-3-7-20(8-11-5-4-6-15-11)14-12-13(17-9-16-12)18-10-19-14/h9-11,15H,2-8H2,1H3,(H,16,17,18,19). The first-order chi connectivity index (χ1) is 9.88. The van der Waals surface area contributed by atoms with Crippen molar-refractivity contribution in [3.8, 4) is 0 Å². The lowest BCUT2D eigenvalue weighted by molar-refractivity contribution is 0.570. The van der Waals surface area contributed by atoms with Crippen molar-refractivity contribution in [3.05, 3.63) is 12.7 Å². The number of aromatic nitrogens is 4. The topological polar surface area (TPSA) is 69.7 Å². The van der Waals surface area contributed by atoms with Gasteiger partial charge >= 0.3 is 0 Å². The number of rotatable bonds is 6. The monoisotopic (exact) mass is 274 g/mol. The van der Waals surface area contributed by atoms with E-state index in [1.165, 1.54) is 25.7 Å². The van der Waals surface area contributed by atoms with Crippen molar-refractivity contribution in [3.63, 3.8) is 0 Å². The van der Waals surface area contributed by atoms with Crippen LogP contribution in [0.3, 0.4) is 0 Å². The van der Waals surface area contributed by atoms with E-state index in [4.69, 9.17) is 0 Å². The van der Waals surface area contributed by atoms with Crippen LogP contribution in [0.4, 0.5) is 5.82 Å². The highest BCUT2D eigenvalue weighted by atomic mass is 15.2. The number of hydrogen-bond donors (Lipinski definition) is 2. The smallest absolute Gasteiger partial charge is 0.182 e. The summed E-state index contributed by atoms with van der Waals surface area (Å²) in [5, 5.41) is 3.56. The average molecular weight is 274 g/mol. The van der Waals surface area contributed by atoms with Crippen LogP contribution in [-0.4, -0.2) is 45.6 Å². The normalized spacial score (nSPS) is 18.8. The Bertz CT molecular complexity index is 545. The molecule has 1 aliphatic rings. The molecule has 3 heterocycles. The van der Waals surface area contributed by atoms with Gasteiger partial charge in [-0.15, -0.1) is 0 Å². The van der Waals surface area contributed by atoms with E-state index in [0.717, 1.165) is 36.6 Å². The number of nitrogens with one attached hydrogen (secondary N) is 2. The molecule has 2 aromatic heterocycles. The Morgan fingerprint density at radius 1 is 1.35 bits per heavy atom. The molecule has 6 heteroatoms. The number of H-pyrrole nitrogens is 1. The molecule has 6 nitrogen and oxygen atoms in total. The zero-order chi connectivity index (χ0) is 13.8. The van der Waals surface area contributed by atoms with E-state index >= 15 is 0 Å². The lowest BCUT2D eigenvalue weighted by Crippen LogP contribution is -2.38. The first-order valence-corrected chi connectivity index (χ1v) is 7.51. The summed E-state index contributed by atoms with van der Waals surface area (Å²) in [4.78, 5) is 18.5. The highest BCUT2D eigenvalue weighted by molar-refractivity contribution is 5.82. The molecule has 0 saturated carbocycles. The lowest BCUT2D eigenvalue weighted by atomic mass is 10.2. The largest absolute Gasteiger partial charge is 0.353 e. The molecule has 1 unspecified atom stereocenters. The van der Waals surface area contributed by atoms with Crippen LogP contribution in [0.25, 0.3) is 11.2 Å². The first kappa shape index (κ1) is 13.3. The van der Waals surface area contributed by atoms with Crippen LogP contribution in [0.15, 0.2) is 12.7 Å². The molecule has 1 saturated heterocycles. The molecule has 2 aromatic rings. The van der Waals surface area contributed by atoms with Gasteiger partial charge in [0.1, 0.15) is 11.8 Å². The average Bonchev–Trinajstić information content (AvgIpc) is 3.13. The van der Waals surface area contributed by atoms with E-state index in [1.807, 2.05) is 0 Å². The Balaban J connectivity index is 1.84. The van der Waals surface area contributed by atoms with Crippen LogP contribution < -0.4 is 10.2 Å². The van der Waals surface area contributed by atoms with Crippen molar-refractivity contribution >= 4 is 17.0 Å². The fraction of sp³-hybridized carbons (Fsp3) is 0.643. The van der Waals surface area contributed by atoms with Gasteiger partial charge in [0.15, 0.2) is 11.5 Å². The van der Waals surface area contributed by atoms with Gasteiger partial charge in [0.05, 0.1) is 6.33 Å². The Morgan fingerprint density at radius 3 is 3.10 bits per heavy atom. The molecule has 108 valence electrons. The molecule has 20 heavy (non-hydrogen) atoms. The van der Waals surface area contributed by atoms with Gasteiger partial charge < -0.3 is 15.2 Å². The zero-order valence-corrected chi connectivity index (χ0v) is 12.0. The molecule has 1 fully saturated rings. The lowest BCUT2D eigenvalue weighted by Gasteiger charge is -2.26. The molecule has 2 N–H and O–H groups in total. The molecule has 3 rings (SSSR count). The second kappa shape index (κ2) is 6.17. The second-order valence-corrected chi connectivity index (χ2v) is 5.39. The van der Waals surface area contributed by atoms with Gasteiger partial charge in [-0.25, -0.2) is 15.0 Å². The van der Waals surface area contributed by atoms with Gasteiger partial charge in [0, 0.05) is 19.1 Å². The van der Waals surface area contributed by atoms with Gasteiger partial charge in [-0.2, -0.15) is 0 Å². The van der Waals surface area contributed by atoms with Gasteiger partial charge in [0.2, 0.25) is 0 Å². The van der Waals surface area contributed by atoms with E-state index in [9.17, 15) is 0 Å². The summed E-state index contributed by atoms with van der Waals surface area (Å²) in [5.41, 5.74) is 1.69. The fourth-order valence-corrected chi connectivity index (χ4v) is 2.80.